The van der Waals surface area contributed by atoms with Gasteiger partial charge in [-0.3, -0.25) is 9.59 Å². The molecule has 116 valence electrons. The lowest BCUT2D eigenvalue weighted by Crippen LogP contribution is -2.25. The fourth-order valence-electron chi connectivity index (χ4n) is 1.86. The fraction of sp³-hybridized carbons (Fsp3) is 0.467. The minimum atomic E-state index is -0.783. The number of aliphatic carboxylic acids is 1. The van der Waals surface area contributed by atoms with Crippen LogP contribution in [0.4, 0.5) is 0 Å². The molecule has 1 amide bonds. The molecule has 1 aromatic carbocycles. The van der Waals surface area contributed by atoms with Crippen molar-refractivity contribution in [3.8, 4) is 5.75 Å². The Hall–Kier alpha value is -1.56. The number of nitrogens with one attached hydrogen (secondary N) is 1. The van der Waals surface area contributed by atoms with Crippen molar-refractivity contribution in [2.24, 2.45) is 5.92 Å². The first-order chi connectivity index (χ1) is 9.93. The van der Waals surface area contributed by atoms with Gasteiger partial charge in [0.05, 0.1) is 11.6 Å². The number of hydrogen-bond acceptors (Lipinski definition) is 3. The summed E-state index contributed by atoms with van der Waals surface area (Å²) in [6.45, 7) is 2.52. The first-order valence-corrected chi connectivity index (χ1v) is 7.57. The second-order valence-corrected chi connectivity index (χ2v) is 5.79. The summed E-state index contributed by atoms with van der Waals surface area (Å²) in [5.41, 5.74) is 0.556. The molecule has 0 spiro atoms. The van der Waals surface area contributed by atoms with Crippen molar-refractivity contribution in [1.29, 1.82) is 0 Å². The molecule has 21 heavy (non-hydrogen) atoms. The number of carboxylic acid groups (broad SMARTS) is 1. The van der Waals surface area contributed by atoms with Gasteiger partial charge in [-0.25, -0.2) is 0 Å². The van der Waals surface area contributed by atoms with Crippen LogP contribution < -0.4 is 10.1 Å². The summed E-state index contributed by atoms with van der Waals surface area (Å²) in [4.78, 5) is 22.4. The third-order valence-corrected chi connectivity index (χ3v) is 3.81. The van der Waals surface area contributed by atoms with Crippen LogP contribution in [0.3, 0.4) is 0 Å². The van der Waals surface area contributed by atoms with E-state index in [0.29, 0.717) is 24.3 Å². The Morgan fingerprint density at radius 1 is 1.38 bits per heavy atom. The molecule has 0 aliphatic carbocycles. The smallest absolute Gasteiger partial charge is 0.303 e. The number of ether oxygens (including phenoxy) is 1. The van der Waals surface area contributed by atoms with E-state index in [9.17, 15) is 9.59 Å². The van der Waals surface area contributed by atoms with Crippen LogP contribution in [0.1, 0.15) is 36.5 Å². The maximum absolute atomic E-state index is 12.0. The maximum Gasteiger partial charge on any atom is 0.303 e. The van der Waals surface area contributed by atoms with Gasteiger partial charge < -0.3 is 15.2 Å². The van der Waals surface area contributed by atoms with E-state index >= 15 is 0 Å². The lowest BCUT2D eigenvalue weighted by Gasteiger charge is -2.11. The van der Waals surface area contributed by atoms with E-state index in [4.69, 9.17) is 9.84 Å². The molecule has 0 fully saturated rings. The summed E-state index contributed by atoms with van der Waals surface area (Å²) < 4.78 is 5.84. The molecule has 0 aromatic heterocycles. The highest BCUT2D eigenvalue weighted by atomic mass is 79.9. The van der Waals surface area contributed by atoms with Gasteiger partial charge in [-0.05, 0) is 52.9 Å². The van der Waals surface area contributed by atoms with E-state index in [-0.39, 0.29) is 18.2 Å². The highest BCUT2D eigenvalue weighted by Gasteiger charge is 2.10. The van der Waals surface area contributed by atoms with Gasteiger partial charge in [0.1, 0.15) is 5.75 Å². The molecule has 1 rings (SSSR count). The lowest BCUT2D eigenvalue weighted by atomic mass is 10.0. The lowest BCUT2D eigenvalue weighted by molar-refractivity contribution is -0.137. The monoisotopic (exact) mass is 357 g/mol. The average molecular weight is 358 g/mol. The topological polar surface area (TPSA) is 75.6 Å². The van der Waals surface area contributed by atoms with Gasteiger partial charge in [0, 0.05) is 18.5 Å². The van der Waals surface area contributed by atoms with Crippen molar-refractivity contribution in [2.45, 2.75) is 26.2 Å². The molecule has 0 saturated heterocycles. The molecule has 0 radical (unpaired) electrons. The highest BCUT2D eigenvalue weighted by molar-refractivity contribution is 9.10. The molecule has 0 aliphatic rings. The normalized spacial score (nSPS) is 11.8. The van der Waals surface area contributed by atoms with Gasteiger partial charge >= 0.3 is 5.97 Å². The van der Waals surface area contributed by atoms with Gasteiger partial charge in [-0.15, -0.1) is 0 Å². The van der Waals surface area contributed by atoms with Crippen molar-refractivity contribution in [2.75, 3.05) is 13.7 Å². The zero-order valence-electron chi connectivity index (χ0n) is 12.2. The molecule has 1 atom stereocenters. The summed E-state index contributed by atoms with van der Waals surface area (Å²) in [6, 6.07) is 5.14. The Bertz CT molecular complexity index is 504. The summed E-state index contributed by atoms with van der Waals surface area (Å²) in [5.74, 6) is 0.00982. The molecule has 0 bridgehead atoms. The zero-order valence-corrected chi connectivity index (χ0v) is 13.8. The minimum Gasteiger partial charge on any atom is -0.496 e. The quantitative estimate of drug-likeness (QED) is 0.749. The Kier molecular flexibility index (Phi) is 7.22. The highest BCUT2D eigenvalue weighted by Crippen LogP contribution is 2.25. The number of halogens is 1. The second-order valence-electron chi connectivity index (χ2n) is 4.93. The Balaban J connectivity index is 2.40. The fourth-order valence-corrected chi connectivity index (χ4v) is 2.40. The van der Waals surface area contributed by atoms with Gasteiger partial charge in [0.25, 0.3) is 5.91 Å². The summed E-state index contributed by atoms with van der Waals surface area (Å²) in [5, 5.41) is 11.4. The number of rotatable bonds is 8. The van der Waals surface area contributed by atoms with Crippen molar-refractivity contribution < 1.29 is 19.4 Å². The van der Waals surface area contributed by atoms with Crippen LogP contribution in [0.2, 0.25) is 0 Å². The summed E-state index contributed by atoms with van der Waals surface area (Å²) in [7, 11) is 1.57. The van der Waals surface area contributed by atoms with Gasteiger partial charge in [0.2, 0.25) is 0 Å². The standard InChI is InChI=1S/C15H20BrNO4/c1-10(3-6-14(18)19)7-8-17-15(20)11-4-5-13(21-2)12(16)9-11/h4-5,9-10H,3,6-8H2,1-2H3,(H,17,20)(H,18,19). The van der Waals surface area contributed by atoms with Crippen LogP contribution in [0.15, 0.2) is 22.7 Å². The third-order valence-electron chi connectivity index (χ3n) is 3.19. The largest absolute Gasteiger partial charge is 0.496 e. The summed E-state index contributed by atoms with van der Waals surface area (Å²) in [6.07, 6.45) is 1.55. The van der Waals surface area contributed by atoms with Crippen LogP contribution in [0.5, 0.6) is 5.75 Å². The first kappa shape index (κ1) is 17.5. The van der Waals surface area contributed by atoms with E-state index < -0.39 is 5.97 Å². The number of carbonyl (C=O) groups excluding carboxylic acids is 1. The Labute approximate surface area is 132 Å². The van der Waals surface area contributed by atoms with Gasteiger partial charge in [-0.1, -0.05) is 6.92 Å². The first-order valence-electron chi connectivity index (χ1n) is 6.77. The predicted molar refractivity (Wildman–Crippen MR) is 83.7 cm³/mol. The van der Waals surface area contributed by atoms with Crippen molar-refractivity contribution in [1.82, 2.24) is 5.32 Å². The number of hydrogen-bond donors (Lipinski definition) is 2. The zero-order chi connectivity index (χ0) is 15.8. The van der Waals surface area contributed by atoms with E-state index in [2.05, 4.69) is 21.2 Å². The molecule has 0 aliphatic heterocycles. The van der Waals surface area contributed by atoms with Crippen LogP contribution >= 0.6 is 15.9 Å². The van der Waals surface area contributed by atoms with Crippen molar-refractivity contribution in [3.63, 3.8) is 0 Å². The second kappa shape index (κ2) is 8.67. The number of carboxylic acids is 1. The molecule has 2 N–H and O–H groups in total. The molecule has 1 aromatic rings. The van der Waals surface area contributed by atoms with Crippen LogP contribution in [0.25, 0.3) is 0 Å². The number of methoxy groups -OCH3 is 1. The molecular formula is C15H20BrNO4. The SMILES string of the molecule is COc1ccc(C(=O)NCCC(C)CCC(=O)O)cc1Br. The van der Waals surface area contributed by atoms with Gasteiger partial charge in [0.15, 0.2) is 0 Å². The van der Waals surface area contributed by atoms with Gasteiger partial charge in [-0.2, -0.15) is 0 Å². The van der Waals surface area contributed by atoms with Crippen LogP contribution in [-0.4, -0.2) is 30.6 Å². The van der Waals surface area contributed by atoms with Crippen LogP contribution in [-0.2, 0) is 4.79 Å². The Morgan fingerprint density at radius 2 is 2.10 bits per heavy atom. The van der Waals surface area contributed by atoms with E-state index in [1.807, 2.05) is 6.92 Å². The molecule has 0 saturated carbocycles. The van der Waals surface area contributed by atoms with E-state index in [1.54, 1.807) is 25.3 Å². The minimum absolute atomic E-state index is 0.149. The molecular weight excluding hydrogens is 338 g/mol. The van der Waals surface area contributed by atoms with E-state index in [1.165, 1.54) is 0 Å². The third kappa shape index (κ3) is 6.16. The number of amides is 1. The maximum atomic E-state index is 12.0. The van der Waals surface area contributed by atoms with Crippen molar-refractivity contribution in [3.05, 3.63) is 28.2 Å². The number of benzene rings is 1. The predicted octanol–water partition coefficient (Wildman–Crippen LogP) is 3.08. The summed E-state index contributed by atoms with van der Waals surface area (Å²) >= 11 is 3.34. The molecule has 5 nitrogen and oxygen atoms in total. The van der Waals surface area contributed by atoms with Crippen LogP contribution in [0, 0.1) is 5.92 Å². The Morgan fingerprint density at radius 3 is 2.67 bits per heavy atom. The number of carbonyl (C=O) groups is 2. The molecule has 1 unspecified atom stereocenters. The molecule has 6 heteroatoms. The van der Waals surface area contributed by atoms with Crippen molar-refractivity contribution >= 4 is 27.8 Å². The average Bonchev–Trinajstić information content (AvgIpc) is 2.44. The molecule has 0 heterocycles. The van der Waals surface area contributed by atoms with E-state index in [0.717, 1.165) is 10.9 Å².